The average Bonchev–Trinajstić information content (AvgIpc) is 3.29. The molecule has 1 amide bonds. The molecule has 0 spiro atoms. The summed E-state index contributed by atoms with van der Waals surface area (Å²) in [5.74, 6) is 0.976. The minimum Gasteiger partial charge on any atom is -0.340 e. The van der Waals surface area contributed by atoms with Gasteiger partial charge in [0.25, 0.3) is 0 Å². The molecule has 4 fully saturated rings. The van der Waals surface area contributed by atoms with Crippen molar-refractivity contribution < 1.29 is 13.2 Å². The molecule has 22 heavy (non-hydrogen) atoms. The number of amides is 1. The lowest BCUT2D eigenvalue weighted by molar-refractivity contribution is -0.133. The number of likely N-dealkylation sites (tertiary alicyclic amines) is 1. The van der Waals surface area contributed by atoms with Gasteiger partial charge in [0.1, 0.15) is 0 Å². The minimum atomic E-state index is -3.06. The molecule has 4 nitrogen and oxygen atoms in total. The Morgan fingerprint density at radius 3 is 2.41 bits per heavy atom. The van der Waals surface area contributed by atoms with Gasteiger partial charge < -0.3 is 4.90 Å². The molecule has 0 bridgehead atoms. The lowest BCUT2D eigenvalue weighted by Gasteiger charge is -2.43. The van der Waals surface area contributed by atoms with E-state index in [9.17, 15) is 13.2 Å². The number of benzene rings is 1. The molecule has 0 aromatic heterocycles. The van der Waals surface area contributed by atoms with Crippen LogP contribution in [0.15, 0.2) is 28.7 Å². The summed E-state index contributed by atoms with van der Waals surface area (Å²) >= 11 is 3.42. The van der Waals surface area contributed by atoms with Gasteiger partial charge in [-0.1, -0.05) is 28.1 Å². The van der Waals surface area contributed by atoms with Crippen molar-refractivity contribution in [1.82, 2.24) is 4.90 Å². The third kappa shape index (κ3) is 1.53. The molecule has 2 aliphatic heterocycles. The predicted octanol–water partition coefficient (Wildman–Crippen LogP) is 1.74. The van der Waals surface area contributed by atoms with Gasteiger partial charge in [-0.15, -0.1) is 0 Å². The average molecular weight is 382 g/mol. The second-order valence-corrected chi connectivity index (χ2v) is 10.5. The maximum absolute atomic E-state index is 12.7. The third-order valence-electron chi connectivity index (χ3n) is 6.18. The van der Waals surface area contributed by atoms with E-state index in [1.807, 2.05) is 29.2 Å². The zero-order valence-corrected chi connectivity index (χ0v) is 14.4. The number of fused-ring (bicyclic) bond motifs is 2. The Hall–Kier alpha value is -0.880. The predicted molar refractivity (Wildman–Crippen MR) is 85.1 cm³/mol. The molecule has 0 radical (unpaired) electrons. The fourth-order valence-electron chi connectivity index (χ4n) is 4.50. The number of sulfone groups is 1. The molecule has 2 aliphatic carbocycles. The second kappa shape index (κ2) is 3.78. The molecule has 116 valence electrons. The molecular weight excluding hydrogens is 366 g/mol. The number of nitrogens with zero attached hydrogens (tertiary/aromatic N) is 1. The molecule has 5 rings (SSSR count). The van der Waals surface area contributed by atoms with Gasteiger partial charge in [-0.25, -0.2) is 8.42 Å². The van der Waals surface area contributed by atoms with Crippen LogP contribution in [0.4, 0.5) is 0 Å². The summed E-state index contributed by atoms with van der Waals surface area (Å²) < 4.78 is 25.5. The van der Waals surface area contributed by atoms with Crippen LogP contribution >= 0.6 is 15.9 Å². The van der Waals surface area contributed by atoms with Crippen LogP contribution in [0.3, 0.4) is 0 Å². The van der Waals surface area contributed by atoms with Crippen molar-refractivity contribution in [2.24, 2.45) is 11.3 Å². The monoisotopic (exact) mass is 381 g/mol. The van der Waals surface area contributed by atoms with Gasteiger partial charge in [-0.05, 0) is 36.5 Å². The molecule has 0 N–H and O–H groups in total. The van der Waals surface area contributed by atoms with Crippen LogP contribution in [0.25, 0.3) is 0 Å². The number of hydrogen-bond donors (Lipinski definition) is 0. The van der Waals surface area contributed by atoms with Gasteiger partial charge in [0.05, 0.1) is 16.4 Å². The molecular formula is C16H16BrNO3S. The number of hydrogen-bond acceptors (Lipinski definition) is 3. The maximum Gasteiger partial charge on any atom is 0.229 e. The number of carbonyl (C=O) groups excluding carboxylic acids is 1. The zero-order valence-electron chi connectivity index (χ0n) is 12.0. The van der Waals surface area contributed by atoms with Crippen molar-refractivity contribution in [2.45, 2.75) is 23.5 Å². The lowest BCUT2D eigenvalue weighted by Crippen LogP contribution is -2.59. The topological polar surface area (TPSA) is 54.5 Å². The lowest BCUT2D eigenvalue weighted by atomic mass is 9.80. The maximum atomic E-state index is 12.7. The Morgan fingerprint density at radius 2 is 1.86 bits per heavy atom. The Kier molecular flexibility index (Phi) is 2.33. The van der Waals surface area contributed by atoms with E-state index in [-0.39, 0.29) is 22.5 Å². The molecule has 2 saturated carbocycles. The number of carbonyl (C=O) groups is 1. The highest BCUT2D eigenvalue weighted by atomic mass is 79.9. The fraction of sp³-hybridized carbons (Fsp3) is 0.562. The van der Waals surface area contributed by atoms with Crippen molar-refractivity contribution in [3.05, 3.63) is 34.3 Å². The number of halogens is 1. The standard InChI is InChI=1S/C16H16BrNO3S/c17-12-3-1-10(2-4-12)16-8-18(7-13(16)22(20,21)9-16)14(19)15-5-11(15)6-15/h1-4,11,13H,5-9H2/t11?,13-,15?,16-/m0/s1. The van der Waals surface area contributed by atoms with Crippen molar-refractivity contribution >= 4 is 31.7 Å². The zero-order chi connectivity index (χ0) is 15.3. The van der Waals surface area contributed by atoms with Crippen molar-refractivity contribution in [3.8, 4) is 0 Å². The van der Waals surface area contributed by atoms with E-state index in [1.165, 1.54) is 0 Å². The van der Waals surface area contributed by atoms with E-state index in [0.29, 0.717) is 19.0 Å². The summed E-state index contributed by atoms with van der Waals surface area (Å²) in [5, 5.41) is -0.419. The van der Waals surface area contributed by atoms with Gasteiger partial charge in [-0.2, -0.15) is 0 Å². The van der Waals surface area contributed by atoms with Crippen LogP contribution in [0.1, 0.15) is 18.4 Å². The van der Waals surface area contributed by atoms with Crippen molar-refractivity contribution in [2.75, 3.05) is 18.8 Å². The van der Waals surface area contributed by atoms with Gasteiger partial charge in [0, 0.05) is 23.0 Å². The summed E-state index contributed by atoms with van der Waals surface area (Å²) in [7, 11) is -3.06. The van der Waals surface area contributed by atoms with E-state index < -0.39 is 15.1 Å². The first-order valence-electron chi connectivity index (χ1n) is 7.64. The largest absolute Gasteiger partial charge is 0.340 e. The van der Waals surface area contributed by atoms with Crippen LogP contribution in [-0.4, -0.2) is 43.3 Å². The van der Waals surface area contributed by atoms with E-state index in [2.05, 4.69) is 15.9 Å². The summed E-state index contributed by atoms with van der Waals surface area (Å²) in [6.07, 6.45) is 2.04. The number of rotatable bonds is 2. The van der Waals surface area contributed by atoms with E-state index in [1.54, 1.807) is 0 Å². The third-order valence-corrected chi connectivity index (χ3v) is 9.10. The van der Waals surface area contributed by atoms with Crippen LogP contribution < -0.4 is 0 Å². The Bertz CT molecular complexity index is 797. The smallest absolute Gasteiger partial charge is 0.229 e. The molecule has 2 saturated heterocycles. The van der Waals surface area contributed by atoms with E-state index in [4.69, 9.17) is 0 Å². The van der Waals surface area contributed by atoms with Crippen molar-refractivity contribution in [3.63, 3.8) is 0 Å². The Morgan fingerprint density at radius 1 is 1.23 bits per heavy atom. The highest BCUT2D eigenvalue weighted by molar-refractivity contribution is 9.10. The Labute approximate surface area is 137 Å². The van der Waals surface area contributed by atoms with E-state index in [0.717, 1.165) is 22.9 Å². The summed E-state index contributed by atoms with van der Waals surface area (Å²) in [5.41, 5.74) is 0.589. The first-order chi connectivity index (χ1) is 10.4. The molecule has 1 aromatic carbocycles. The molecule has 4 aliphatic rings. The molecule has 1 aromatic rings. The highest BCUT2D eigenvalue weighted by Crippen LogP contribution is 2.76. The Balaban J connectivity index is 1.51. The van der Waals surface area contributed by atoms with Gasteiger partial charge in [0.2, 0.25) is 5.91 Å². The van der Waals surface area contributed by atoms with E-state index >= 15 is 0 Å². The normalized spacial score (nSPS) is 43.0. The summed E-state index contributed by atoms with van der Waals surface area (Å²) in [6.45, 7) is 0.942. The summed E-state index contributed by atoms with van der Waals surface area (Å²) in [4.78, 5) is 14.5. The quantitative estimate of drug-likeness (QED) is 0.783. The SMILES string of the molecule is O=C(N1C[C@H]2[C@@](c3ccc(Br)cc3)(C1)CS2(=O)=O)C12CC1C2. The molecule has 2 atom stereocenters. The first-order valence-corrected chi connectivity index (χ1v) is 10.2. The highest BCUT2D eigenvalue weighted by Gasteiger charge is 2.76. The molecule has 0 unspecified atom stereocenters. The van der Waals surface area contributed by atoms with Crippen LogP contribution in [0.2, 0.25) is 0 Å². The fourth-order valence-corrected chi connectivity index (χ4v) is 7.23. The second-order valence-electron chi connectivity index (χ2n) is 7.41. The summed E-state index contributed by atoms with van der Waals surface area (Å²) in [6, 6.07) is 7.89. The van der Waals surface area contributed by atoms with Gasteiger partial charge in [0.15, 0.2) is 9.84 Å². The minimum absolute atomic E-state index is 0.0750. The van der Waals surface area contributed by atoms with Crippen molar-refractivity contribution in [1.29, 1.82) is 0 Å². The molecule has 6 heteroatoms. The van der Waals surface area contributed by atoms with Gasteiger partial charge >= 0.3 is 0 Å². The molecule has 2 heterocycles. The van der Waals surface area contributed by atoms with Crippen LogP contribution in [-0.2, 0) is 20.0 Å². The van der Waals surface area contributed by atoms with Gasteiger partial charge in [-0.3, -0.25) is 4.79 Å². The first kappa shape index (κ1) is 13.5. The van der Waals surface area contributed by atoms with Crippen LogP contribution in [0.5, 0.6) is 0 Å². The van der Waals surface area contributed by atoms with Crippen LogP contribution in [0, 0.1) is 11.3 Å².